The fourth-order valence-corrected chi connectivity index (χ4v) is 5.33. The van der Waals surface area contributed by atoms with Gasteiger partial charge in [0.1, 0.15) is 0 Å². The summed E-state index contributed by atoms with van der Waals surface area (Å²) >= 11 is 1.65. The summed E-state index contributed by atoms with van der Waals surface area (Å²) in [6.07, 6.45) is 15.4. The van der Waals surface area contributed by atoms with Gasteiger partial charge in [-0.3, -0.25) is 4.79 Å². The molecule has 0 bridgehead atoms. The van der Waals surface area contributed by atoms with E-state index in [4.69, 9.17) is 4.74 Å². The zero-order chi connectivity index (χ0) is 27.0. The highest BCUT2D eigenvalue weighted by Gasteiger charge is 2.13. The molecule has 1 N–H and O–H groups in total. The van der Waals surface area contributed by atoms with Gasteiger partial charge in [0, 0.05) is 29.8 Å². The van der Waals surface area contributed by atoms with Gasteiger partial charge in [-0.1, -0.05) is 101 Å². The number of hydrogen-bond donors (Lipinski definition) is 1. The van der Waals surface area contributed by atoms with Crippen LogP contribution in [-0.4, -0.2) is 12.5 Å². The molecular weight excluding hydrogens is 575 g/mol. The van der Waals surface area contributed by atoms with Gasteiger partial charge in [0.2, 0.25) is 5.51 Å². The minimum atomic E-state index is -0.458. The lowest BCUT2D eigenvalue weighted by Crippen LogP contribution is -3.00. The van der Waals surface area contributed by atoms with Crippen LogP contribution < -0.4 is 31.6 Å². The van der Waals surface area contributed by atoms with Crippen molar-refractivity contribution in [2.45, 2.75) is 97.4 Å². The Balaban J connectivity index is 0.00000533. The number of hydrogen-bond acceptors (Lipinski definition) is 3. The number of anilines is 1. The Morgan fingerprint density at radius 2 is 1.59 bits per heavy atom. The molecule has 0 aliphatic rings. The van der Waals surface area contributed by atoms with Crippen molar-refractivity contribution in [3.63, 3.8) is 0 Å². The Kier molecular flexibility index (Phi) is 16.0. The van der Waals surface area contributed by atoms with E-state index < -0.39 is 5.82 Å². The van der Waals surface area contributed by atoms with E-state index in [2.05, 4.69) is 34.6 Å². The number of nitrogens with one attached hydrogen (secondary N) is 1. The van der Waals surface area contributed by atoms with Crippen molar-refractivity contribution in [3.05, 3.63) is 76.0 Å². The van der Waals surface area contributed by atoms with Crippen molar-refractivity contribution >= 4 is 22.9 Å². The van der Waals surface area contributed by atoms with Crippen molar-refractivity contribution in [2.75, 3.05) is 11.9 Å². The summed E-state index contributed by atoms with van der Waals surface area (Å²) in [4.78, 5) is 12.8. The van der Waals surface area contributed by atoms with E-state index in [0.717, 1.165) is 18.4 Å². The Morgan fingerprint density at radius 1 is 0.923 bits per heavy atom. The second-order valence-corrected chi connectivity index (χ2v) is 10.9. The minimum Gasteiger partial charge on any atom is -1.00 e. The topological polar surface area (TPSA) is 42.2 Å². The van der Waals surface area contributed by atoms with Crippen LogP contribution in [0.25, 0.3) is 0 Å². The monoisotopic (exact) mass is 618 g/mol. The summed E-state index contributed by atoms with van der Waals surface area (Å²) in [7, 11) is 0. The molecule has 0 unspecified atom stereocenters. The lowest BCUT2D eigenvalue weighted by molar-refractivity contribution is -0.689. The molecule has 3 rings (SSSR count). The van der Waals surface area contributed by atoms with Crippen LogP contribution in [0.4, 0.5) is 10.1 Å². The third-order valence-electron chi connectivity index (χ3n) is 6.87. The number of carbonyl (C=O) groups is 1. The van der Waals surface area contributed by atoms with Gasteiger partial charge < -0.3 is 27.0 Å². The maximum absolute atomic E-state index is 14.6. The average Bonchev–Trinajstić information content (AvgIpc) is 3.32. The number of benzene rings is 2. The molecule has 0 saturated carbocycles. The van der Waals surface area contributed by atoms with Crippen LogP contribution in [0, 0.1) is 12.7 Å². The van der Waals surface area contributed by atoms with E-state index in [9.17, 15) is 9.18 Å². The Labute approximate surface area is 248 Å². The maximum Gasteiger partial charge on any atom is 0.255 e. The SMILES string of the molecule is CCCCCCCCCCCCCCOc1ccc(NC(=O)c2cccc(C[n+]3cscc3C)c2)cc1F.[Br-]. The minimum absolute atomic E-state index is 0. The van der Waals surface area contributed by atoms with Crippen molar-refractivity contribution in [2.24, 2.45) is 0 Å². The smallest absolute Gasteiger partial charge is 0.255 e. The Morgan fingerprint density at radius 3 is 2.21 bits per heavy atom. The first kappa shape index (κ1) is 33.0. The van der Waals surface area contributed by atoms with Crippen LogP contribution in [-0.2, 0) is 6.54 Å². The fourth-order valence-electron chi connectivity index (χ4n) is 4.55. The molecule has 1 aromatic heterocycles. The second-order valence-electron chi connectivity index (χ2n) is 10.2. The average molecular weight is 620 g/mol. The predicted octanol–water partition coefficient (Wildman–Crippen LogP) is 5.87. The van der Waals surface area contributed by atoms with E-state index in [1.54, 1.807) is 29.5 Å². The number of aromatic nitrogens is 1. The fraction of sp³-hybridized carbons (Fsp3) is 0.500. The molecule has 0 aliphatic heterocycles. The highest BCUT2D eigenvalue weighted by molar-refractivity contribution is 7.07. The van der Waals surface area contributed by atoms with E-state index in [-0.39, 0.29) is 28.6 Å². The normalized spacial score (nSPS) is 10.7. The van der Waals surface area contributed by atoms with Crippen LogP contribution in [0.15, 0.2) is 53.4 Å². The number of rotatable bonds is 18. The van der Waals surface area contributed by atoms with Crippen molar-refractivity contribution in [1.29, 1.82) is 0 Å². The van der Waals surface area contributed by atoms with E-state index >= 15 is 0 Å². The van der Waals surface area contributed by atoms with Gasteiger partial charge in [0.15, 0.2) is 23.8 Å². The maximum atomic E-state index is 14.6. The number of carbonyl (C=O) groups excluding carboxylic acids is 1. The van der Waals surface area contributed by atoms with Crippen molar-refractivity contribution in [3.8, 4) is 5.75 Å². The number of thiazole rings is 1. The lowest BCUT2D eigenvalue weighted by atomic mass is 10.1. The summed E-state index contributed by atoms with van der Waals surface area (Å²) in [5.41, 5.74) is 5.24. The molecule has 0 aliphatic carbocycles. The molecular formula is C32H44BrFN2O2S. The molecule has 0 saturated heterocycles. The largest absolute Gasteiger partial charge is 1.00 e. The summed E-state index contributed by atoms with van der Waals surface area (Å²) in [5, 5.41) is 4.90. The number of nitrogens with zero attached hydrogens (tertiary/aromatic N) is 1. The first-order chi connectivity index (χ1) is 18.6. The molecule has 39 heavy (non-hydrogen) atoms. The van der Waals surface area contributed by atoms with Gasteiger partial charge >= 0.3 is 0 Å². The standard InChI is InChI=1S/C32H43FN2O2S.BrH/c1-3-4-5-6-7-8-9-10-11-12-13-14-20-37-31-19-18-29(22-30(31)33)34-32(36)28-17-15-16-27(21-28)23-35-25-38-24-26(35)2;/h15-19,21-22,24-25H,3-14,20,23H2,1-2H3;1H. The van der Waals surface area contributed by atoms with Crippen molar-refractivity contribution in [1.82, 2.24) is 0 Å². The molecule has 3 aromatic rings. The predicted molar refractivity (Wildman–Crippen MR) is 156 cm³/mol. The molecule has 1 heterocycles. The number of ether oxygens (including phenoxy) is 1. The second kappa shape index (κ2) is 18.9. The molecule has 0 atom stereocenters. The van der Waals surface area contributed by atoms with Crippen LogP contribution in [0.1, 0.15) is 106 Å². The third-order valence-corrected chi connectivity index (χ3v) is 7.72. The molecule has 0 fully saturated rings. The summed E-state index contributed by atoms with van der Waals surface area (Å²) in [5.74, 6) is -0.487. The van der Waals surface area contributed by atoms with Crippen LogP contribution in [0.2, 0.25) is 0 Å². The first-order valence-corrected chi connectivity index (χ1v) is 15.3. The quantitative estimate of drug-likeness (QED) is 0.143. The van der Waals surface area contributed by atoms with Crippen LogP contribution >= 0.6 is 11.3 Å². The van der Waals surface area contributed by atoms with Gasteiger partial charge in [-0.2, -0.15) is 4.57 Å². The lowest BCUT2D eigenvalue weighted by Gasteiger charge is -2.10. The van der Waals surface area contributed by atoms with E-state index in [1.165, 1.54) is 76.0 Å². The van der Waals surface area contributed by atoms with Crippen LogP contribution in [0.5, 0.6) is 5.75 Å². The summed E-state index contributed by atoms with van der Waals surface area (Å²) < 4.78 is 22.4. The highest BCUT2D eigenvalue weighted by Crippen LogP contribution is 2.22. The third kappa shape index (κ3) is 12.2. The molecule has 214 valence electrons. The van der Waals surface area contributed by atoms with Gasteiger partial charge in [-0.05, 0) is 30.7 Å². The van der Waals surface area contributed by atoms with Gasteiger partial charge in [0.05, 0.1) is 12.0 Å². The van der Waals surface area contributed by atoms with Crippen molar-refractivity contribution < 1.29 is 35.5 Å². The Bertz CT molecular complexity index is 1120. The van der Waals surface area contributed by atoms with E-state index in [1.807, 2.05) is 18.2 Å². The van der Waals surface area contributed by atoms with Gasteiger partial charge in [-0.25, -0.2) is 4.39 Å². The number of amides is 1. The Hall–Kier alpha value is -2.25. The highest BCUT2D eigenvalue weighted by atomic mass is 79.9. The molecule has 0 spiro atoms. The van der Waals surface area contributed by atoms with Crippen LogP contribution in [0.3, 0.4) is 0 Å². The molecule has 4 nitrogen and oxygen atoms in total. The number of unbranched alkanes of at least 4 members (excludes halogenated alkanes) is 11. The molecule has 0 radical (unpaired) electrons. The molecule has 1 amide bonds. The first-order valence-electron chi connectivity index (χ1n) is 14.3. The zero-order valence-corrected chi connectivity index (χ0v) is 25.9. The molecule has 7 heteroatoms. The van der Waals surface area contributed by atoms with Gasteiger partial charge in [-0.15, -0.1) is 0 Å². The number of aryl methyl sites for hydroxylation is 1. The molecule has 2 aromatic carbocycles. The summed E-state index contributed by atoms with van der Waals surface area (Å²) in [6, 6.07) is 12.1. The number of halogens is 2. The zero-order valence-electron chi connectivity index (χ0n) is 23.5. The van der Waals surface area contributed by atoms with Gasteiger partial charge in [0.25, 0.3) is 5.91 Å². The summed E-state index contributed by atoms with van der Waals surface area (Å²) in [6.45, 7) is 5.53. The van der Waals surface area contributed by atoms with E-state index in [0.29, 0.717) is 24.4 Å².